The molecule has 0 radical (unpaired) electrons. The van der Waals surface area contributed by atoms with Crippen LogP contribution in [0.5, 0.6) is 0 Å². The van der Waals surface area contributed by atoms with Crippen molar-refractivity contribution in [2.45, 2.75) is 12.6 Å². The van der Waals surface area contributed by atoms with Gasteiger partial charge in [0, 0.05) is 0 Å². The van der Waals surface area contributed by atoms with Crippen LogP contribution in [0.2, 0.25) is 0 Å². The van der Waals surface area contributed by atoms with Gasteiger partial charge in [0.15, 0.2) is 0 Å². The maximum atomic E-state index is 10.3. The molecular weight excluding hydrogens is 148 g/mol. The third kappa shape index (κ3) is 2.01. The van der Waals surface area contributed by atoms with Crippen molar-refractivity contribution >= 4 is 5.97 Å². The molecule has 0 aromatic carbocycles. The molecular formula is C5H8N4O2. The van der Waals surface area contributed by atoms with Crippen LogP contribution in [-0.4, -0.2) is 31.9 Å². The Morgan fingerprint density at radius 2 is 2.73 bits per heavy atom. The molecule has 0 aliphatic rings. The Hall–Kier alpha value is -1.43. The average Bonchev–Trinajstić information content (AvgIpc) is 2.30. The highest BCUT2D eigenvalue weighted by molar-refractivity contribution is 5.72. The Balaban J connectivity index is 2.74. The summed E-state index contributed by atoms with van der Waals surface area (Å²) in [5, 5.41) is 11.9. The van der Waals surface area contributed by atoms with Gasteiger partial charge in [-0.2, -0.15) is 5.10 Å². The van der Waals surface area contributed by atoms with E-state index in [0.29, 0.717) is 0 Å². The molecule has 6 heteroatoms. The zero-order chi connectivity index (χ0) is 10.0. The summed E-state index contributed by atoms with van der Waals surface area (Å²) in [7, 11) is 0. The van der Waals surface area contributed by atoms with Gasteiger partial charge in [0.1, 0.15) is 21.4 Å². The molecule has 1 rings (SSSR count). The number of hydrogen-bond acceptors (Lipinski definition) is 4. The molecule has 6 nitrogen and oxygen atoms in total. The second-order valence-corrected chi connectivity index (χ2v) is 1.94. The van der Waals surface area contributed by atoms with Crippen molar-refractivity contribution in [3.05, 3.63) is 12.6 Å². The minimum Gasteiger partial charge on any atom is -0.480 e. The van der Waals surface area contributed by atoms with E-state index in [2.05, 4.69) is 10.1 Å². The van der Waals surface area contributed by atoms with Gasteiger partial charge in [-0.3, -0.25) is 9.48 Å². The number of nitrogens with zero attached hydrogens (tertiary/aromatic N) is 3. The summed E-state index contributed by atoms with van der Waals surface area (Å²) >= 11 is 0. The second kappa shape index (κ2) is 3.11. The van der Waals surface area contributed by atoms with Gasteiger partial charge in [-0.05, 0) is 0 Å². The first-order valence-electron chi connectivity index (χ1n) is 3.87. The molecule has 0 aliphatic carbocycles. The quantitative estimate of drug-likeness (QED) is 0.569. The predicted molar refractivity (Wildman–Crippen MR) is 35.6 cm³/mol. The van der Waals surface area contributed by atoms with Crippen LogP contribution in [0.1, 0.15) is 2.74 Å². The summed E-state index contributed by atoms with van der Waals surface area (Å²) in [6.45, 7) is -0.153. The largest absolute Gasteiger partial charge is 0.480 e. The van der Waals surface area contributed by atoms with E-state index < -0.39 is 12.0 Å². The molecule has 11 heavy (non-hydrogen) atoms. The van der Waals surface area contributed by atoms with Crippen molar-refractivity contribution < 1.29 is 12.6 Å². The van der Waals surface area contributed by atoms with Crippen molar-refractivity contribution in [3.63, 3.8) is 0 Å². The van der Waals surface area contributed by atoms with Crippen LogP contribution in [0.3, 0.4) is 0 Å². The Kier molecular flexibility index (Phi) is 1.48. The molecule has 1 unspecified atom stereocenters. The molecule has 1 aromatic heterocycles. The lowest BCUT2D eigenvalue weighted by Crippen LogP contribution is -2.34. The summed E-state index contributed by atoms with van der Waals surface area (Å²) in [4.78, 5) is 13.7. The summed E-state index contributed by atoms with van der Waals surface area (Å²) in [6, 6.07) is -1.13. The van der Waals surface area contributed by atoms with Crippen LogP contribution in [0, 0.1) is 0 Å². The third-order valence-electron chi connectivity index (χ3n) is 1.07. The standard InChI is InChI=1S/C5H8N4O2/c6-4(5(10)11)1-9-3-7-2-8-9/h2-4H,1,6H2,(H,10,11)/i2D,3D. The van der Waals surface area contributed by atoms with Crippen LogP contribution in [-0.2, 0) is 11.3 Å². The van der Waals surface area contributed by atoms with Crippen molar-refractivity contribution in [1.82, 2.24) is 14.8 Å². The minimum absolute atomic E-state index is 0.153. The summed E-state index contributed by atoms with van der Waals surface area (Å²) in [5.41, 5.74) is 5.19. The fourth-order valence-electron chi connectivity index (χ4n) is 0.525. The predicted octanol–water partition coefficient (Wildman–Crippen LogP) is -1.31. The highest BCUT2D eigenvalue weighted by Gasteiger charge is 2.11. The van der Waals surface area contributed by atoms with Gasteiger partial charge in [0.25, 0.3) is 0 Å². The van der Waals surface area contributed by atoms with E-state index in [4.69, 9.17) is 13.6 Å². The maximum absolute atomic E-state index is 10.3. The van der Waals surface area contributed by atoms with E-state index in [1.165, 1.54) is 0 Å². The number of carboxylic acids is 1. The lowest BCUT2D eigenvalue weighted by atomic mass is 10.3. The Labute approximate surface area is 65.5 Å². The maximum Gasteiger partial charge on any atom is 0.322 e. The van der Waals surface area contributed by atoms with Crippen molar-refractivity contribution in [3.8, 4) is 0 Å². The number of rotatable bonds is 3. The zero-order valence-electron chi connectivity index (χ0n) is 7.56. The second-order valence-electron chi connectivity index (χ2n) is 1.94. The van der Waals surface area contributed by atoms with E-state index >= 15 is 0 Å². The van der Waals surface area contributed by atoms with Crippen LogP contribution < -0.4 is 5.73 Å². The van der Waals surface area contributed by atoms with Gasteiger partial charge in [-0.1, -0.05) is 0 Å². The SMILES string of the molecule is [2H]c1nc([2H])n(CC(N)C(=O)O)n1. The fraction of sp³-hybridized carbons (Fsp3) is 0.400. The Bertz CT molecular complexity index is 326. The Morgan fingerprint density at radius 1 is 2.00 bits per heavy atom. The number of aliphatic carboxylic acids is 1. The van der Waals surface area contributed by atoms with Crippen molar-refractivity contribution in [2.24, 2.45) is 5.73 Å². The van der Waals surface area contributed by atoms with E-state index in [-0.39, 0.29) is 19.2 Å². The lowest BCUT2D eigenvalue weighted by molar-refractivity contribution is -0.138. The van der Waals surface area contributed by atoms with Gasteiger partial charge in [0.2, 0.25) is 0 Å². The van der Waals surface area contributed by atoms with E-state index in [9.17, 15) is 4.79 Å². The van der Waals surface area contributed by atoms with Gasteiger partial charge in [0.05, 0.1) is 6.54 Å². The zero-order valence-corrected chi connectivity index (χ0v) is 5.56. The number of carboxylic acid groups (broad SMARTS) is 1. The highest BCUT2D eigenvalue weighted by Crippen LogP contribution is 1.85. The van der Waals surface area contributed by atoms with Gasteiger partial charge < -0.3 is 10.8 Å². The molecule has 0 aliphatic heterocycles. The van der Waals surface area contributed by atoms with Crippen LogP contribution in [0.4, 0.5) is 0 Å². The van der Waals surface area contributed by atoms with Crippen LogP contribution in [0.15, 0.2) is 12.6 Å². The fourth-order valence-corrected chi connectivity index (χ4v) is 0.525. The monoisotopic (exact) mass is 158 g/mol. The van der Waals surface area contributed by atoms with Crippen LogP contribution >= 0.6 is 0 Å². The first kappa shape index (κ1) is 5.25. The smallest absolute Gasteiger partial charge is 0.322 e. The molecule has 0 saturated heterocycles. The minimum atomic E-state index is -1.18. The van der Waals surface area contributed by atoms with Crippen LogP contribution in [0.25, 0.3) is 0 Å². The number of aromatic nitrogens is 3. The molecule has 0 spiro atoms. The molecule has 1 aromatic rings. The molecule has 0 bridgehead atoms. The van der Waals surface area contributed by atoms with Crippen molar-refractivity contribution in [2.75, 3.05) is 0 Å². The topological polar surface area (TPSA) is 94.0 Å². The van der Waals surface area contributed by atoms with E-state index in [1.807, 2.05) is 0 Å². The molecule has 0 fully saturated rings. The number of carbonyl (C=O) groups is 1. The first-order chi connectivity index (χ1) is 6.00. The molecule has 3 N–H and O–H groups in total. The van der Waals surface area contributed by atoms with Gasteiger partial charge >= 0.3 is 5.97 Å². The lowest BCUT2D eigenvalue weighted by Gasteiger charge is -2.04. The summed E-state index contributed by atoms with van der Waals surface area (Å²) < 4.78 is 15.1. The average molecular weight is 158 g/mol. The molecule has 1 atom stereocenters. The summed E-state index contributed by atoms with van der Waals surface area (Å²) in [5.74, 6) is -1.18. The summed E-state index contributed by atoms with van der Waals surface area (Å²) in [6.07, 6.45) is -0.579. The molecule has 0 saturated carbocycles. The molecule has 1 heterocycles. The van der Waals surface area contributed by atoms with Crippen molar-refractivity contribution in [1.29, 1.82) is 0 Å². The highest BCUT2D eigenvalue weighted by atomic mass is 16.4. The number of nitrogens with two attached hydrogens (primary N) is 1. The van der Waals surface area contributed by atoms with E-state index in [0.717, 1.165) is 4.68 Å². The molecule has 0 amide bonds. The normalized spacial score (nSPS) is 15.4. The van der Waals surface area contributed by atoms with Gasteiger partial charge in [-0.25, -0.2) is 4.98 Å². The molecule has 60 valence electrons. The van der Waals surface area contributed by atoms with E-state index in [1.54, 1.807) is 0 Å². The third-order valence-corrected chi connectivity index (χ3v) is 1.07. The van der Waals surface area contributed by atoms with Gasteiger partial charge in [-0.15, -0.1) is 0 Å². The Morgan fingerprint density at radius 3 is 3.18 bits per heavy atom. The first-order valence-corrected chi connectivity index (χ1v) is 2.87. The number of hydrogen-bond donors (Lipinski definition) is 2.